The van der Waals surface area contributed by atoms with Gasteiger partial charge in [-0.05, 0) is 55.7 Å². The molecule has 2 N–H and O–H groups in total. The van der Waals surface area contributed by atoms with Crippen LogP contribution >= 0.6 is 11.3 Å². The second kappa shape index (κ2) is 10.4. The number of carbonyl (C=O) groups excluding carboxylic acids is 2. The molecule has 0 aliphatic heterocycles. The van der Waals surface area contributed by atoms with Gasteiger partial charge in [0.1, 0.15) is 17.4 Å². The normalized spacial score (nSPS) is 13.7. The van der Waals surface area contributed by atoms with Crippen LogP contribution in [0, 0.1) is 6.92 Å². The second-order valence-corrected chi connectivity index (χ2v) is 8.98. The van der Waals surface area contributed by atoms with Crippen molar-refractivity contribution in [1.29, 1.82) is 0 Å². The summed E-state index contributed by atoms with van der Waals surface area (Å²) in [5, 5.41) is 8.66. The predicted octanol–water partition coefficient (Wildman–Crippen LogP) is 4.88. The number of aromatic nitrogens is 1. The molecular weight excluding hydrogens is 422 g/mol. The number of hydrogen-bond donors (Lipinski definition) is 2. The summed E-state index contributed by atoms with van der Waals surface area (Å²) in [6.45, 7) is 2.27. The van der Waals surface area contributed by atoms with Crippen molar-refractivity contribution in [3.63, 3.8) is 0 Å². The Labute approximate surface area is 192 Å². The van der Waals surface area contributed by atoms with E-state index in [9.17, 15) is 9.59 Å². The van der Waals surface area contributed by atoms with Crippen LogP contribution in [0.25, 0.3) is 0 Å². The minimum absolute atomic E-state index is 0.0310. The molecule has 4 rings (SSSR count). The first-order valence-electron chi connectivity index (χ1n) is 10.9. The summed E-state index contributed by atoms with van der Waals surface area (Å²) in [5.74, 6) is 0.554. The van der Waals surface area contributed by atoms with Gasteiger partial charge in [-0.15, -0.1) is 11.3 Å². The predicted molar refractivity (Wildman–Crippen MR) is 126 cm³/mol. The number of ether oxygens (including phenoxy) is 1. The number of hydrogen-bond acceptors (Lipinski definition) is 5. The number of amides is 2. The topological polar surface area (TPSA) is 80.3 Å². The van der Waals surface area contributed by atoms with E-state index in [0.717, 1.165) is 34.8 Å². The minimum atomic E-state index is -0.0902. The van der Waals surface area contributed by atoms with Crippen molar-refractivity contribution >= 4 is 28.8 Å². The monoisotopic (exact) mass is 449 g/mol. The summed E-state index contributed by atoms with van der Waals surface area (Å²) in [4.78, 5) is 29.1. The highest BCUT2D eigenvalue weighted by molar-refractivity contribution is 7.09. The third-order valence-corrected chi connectivity index (χ3v) is 6.42. The largest absolute Gasteiger partial charge is 0.487 e. The zero-order chi connectivity index (χ0) is 22.3. The Morgan fingerprint density at radius 3 is 2.59 bits per heavy atom. The molecule has 6 nitrogen and oxygen atoms in total. The Hall–Kier alpha value is -3.19. The van der Waals surface area contributed by atoms with Crippen LogP contribution in [0.3, 0.4) is 0 Å². The maximum atomic E-state index is 12.3. The first-order chi connectivity index (χ1) is 15.6. The molecule has 0 bridgehead atoms. The molecule has 166 valence electrons. The Morgan fingerprint density at radius 1 is 1.09 bits per heavy atom. The van der Waals surface area contributed by atoms with Crippen molar-refractivity contribution in [2.75, 3.05) is 5.32 Å². The van der Waals surface area contributed by atoms with Crippen LogP contribution in [-0.4, -0.2) is 22.8 Å². The zero-order valence-corrected chi connectivity index (χ0v) is 18.9. The van der Waals surface area contributed by atoms with E-state index in [-0.39, 0.29) is 18.2 Å². The van der Waals surface area contributed by atoms with Crippen molar-refractivity contribution in [3.8, 4) is 5.75 Å². The van der Waals surface area contributed by atoms with Crippen LogP contribution in [0.1, 0.15) is 52.3 Å². The van der Waals surface area contributed by atoms with Crippen LogP contribution in [-0.2, 0) is 17.8 Å². The highest BCUT2D eigenvalue weighted by Gasteiger charge is 2.18. The van der Waals surface area contributed by atoms with Crippen LogP contribution in [0.2, 0.25) is 0 Å². The molecule has 0 saturated heterocycles. The van der Waals surface area contributed by atoms with Crippen LogP contribution in [0.5, 0.6) is 5.75 Å². The first kappa shape index (κ1) is 22.0. The lowest BCUT2D eigenvalue weighted by Gasteiger charge is -2.12. The quantitative estimate of drug-likeness (QED) is 0.513. The van der Waals surface area contributed by atoms with Crippen LogP contribution in [0.15, 0.2) is 53.9 Å². The Bertz CT molecular complexity index is 1070. The number of carbonyl (C=O) groups is 2. The number of nitrogens with zero attached hydrogens (tertiary/aromatic N) is 1. The maximum absolute atomic E-state index is 12.3. The molecule has 1 heterocycles. The maximum Gasteiger partial charge on any atom is 0.251 e. The van der Waals surface area contributed by atoms with E-state index in [1.165, 1.54) is 24.2 Å². The second-order valence-electron chi connectivity index (χ2n) is 8.04. The molecule has 0 radical (unpaired) electrons. The smallest absolute Gasteiger partial charge is 0.251 e. The SMILES string of the molecule is Cc1ccccc1NC(=O)Cc1nc(COc2ccc(C(=O)NC3CCCC3)cc2)cs1. The molecule has 2 aromatic carbocycles. The number of aryl methyl sites for hydroxylation is 1. The summed E-state index contributed by atoms with van der Waals surface area (Å²) >= 11 is 1.44. The van der Waals surface area contributed by atoms with E-state index >= 15 is 0 Å². The first-order valence-corrected chi connectivity index (χ1v) is 11.8. The van der Waals surface area contributed by atoms with Gasteiger partial charge in [0.25, 0.3) is 5.91 Å². The summed E-state index contributed by atoms with van der Waals surface area (Å²) in [7, 11) is 0. The van der Waals surface area contributed by atoms with Gasteiger partial charge in [0.2, 0.25) is 5.91 Å². The molecule has 1 aliphatic rings. The molecule has 2 amide bonds. The van der Waals surface area contributed by atoms with Gasteiger partial charge < -0.3 is 15.4 Å². The number of anilines is 1. The highest BCUT2D eigenvalue weighted by atomic mass is 32.1. The Morgan fingerprint density at radius 2 is 1.84 bits per heavy atom. The van der Waals surface area contributed by atoms with E-state index in [4.69, 9.17) is 4.74 Å². The lowest BCUT2D eigenvalue weighted by molar-refractivity contribution is -0.115. The molecule has 0 atom stereocenters. The molecule has 1 aliphatic carbocycles. The van der Waals surface area contributed by atoms with Crippen LogP contribution < -0.4 is 15.4 Å². The van der Waals surface area contributed by atoms with Crippen molar-refractivity contribution in [3.05, 3.63) is 75.7 Å². The standard InChI is InChI=1S/C25H27N3O3S/c1-17-6-2-5-9-22(17)28-23(29)14-24-26-20(16-32-24)15-31-21-12-10-18(11-13-21)25(30)27-19-7-3-4-8-19/h2,5-6,9-13,16,19H,3-4,7-8,14-15H2,1H3,(H,27,30)(H,28,29). The van der Waals surface area contributed by atoms with Crippen molar-refractivity contribution < 1.29 is 14.3 Å². The average Bonchev–Trinajstić information content (AvgIpc) is 3.46. The molecule has 1 aromatic heterocycles. The number of thiazole rings is 1. The van der Waals surface area contributed by atoms with E-state index in [2.05, 4.69) is 15.6 Å². The third kappa shape index (κ3) is 5.95. The fraction of sp³-hybridized carbons (Fsp3) is 0.320. The fourth-order valence-corrected chi connectivity index (χ4v) is 4.52. The number of rotatable bonds is 8. The minimum Gasteiger partial charge on any atom is -0.487 e. The molecule has 3 aromatic rings. The molecule has 1 fully saturated rings. The Balaban J connectivity index is 1.25. The highest BCUT2D eigenvalue weighted by Crippen LogP contribution is 2.20. The summed E-state index contributed by atoms with van der Waals surface area (Å²) in [5.41, 5.74) is 3.26. The van der Waals surface area contributed by atoms with Gasteiger partial charge in [-0.3, -0.25) is 9.59 Å². The zero-order valence-electron chi connectivity index (χ0n) is 18.1. The summed E-state index contributed by atoms with van der Waals surface area (Å²) < 4.78 is 5.80. The van der Waals surface area contributed by atoms with E-state index in [1.807, 2.05) is 36.6 Å². The average molecular weight is 450 g/mol. The van der Waals surface area contributed by atoms with Gasteiger partial charge in [-0.2, -0.15) is 0 Å². The summed E-state index contributed by atoms with van der Waals surface area (Å²) in [6, 6.07) is 15.1. The molecule has 0 spiro atoms. The van der Waals surface area contributed by atoms with Crippen molar-refractivity contribution in [2.24, 2.45) is 0 Å². The fourth-order valence-electron chi connectivity index (χ4n) is 3.74. The van der Waals surface area contributed by atoms with Gasteiger partial charge in [0, 0.05) is 22.7 Å². The van der Waals surface area contributed by atoms with Crippen LogP contribution in [0.4, 0.5) is 5.69 Å². The van der Waals surface area contributed by atoms with E-state index in [0.29, 0.717) is 24.0 Å². The summed E-state index contributed by atoms with van der Waals surface area (Å²) in [6.07, 6.45) is 4.73. The lowest BCUT2D eigenvalue weighted by Crippen LogP contribution is -2.32. The van der Waals surface area contributed by atoms with E-state index < -0.39 is 0 Å². The van der Waals surface area contributed by atoms with Gasteiger partial charge in [-0.1, -0.05) is 31.0 Å². The molecular formula is C25H27N3O3S. The third-order valence-electron chi connectivity index (χ3n) is 5.52. The van der Waals surface area contributed by atoms with Crippen molar-refractivity contribution in [2.45, 2.75) is 51.7 Å². The number of nitrogens with one attached hydrogen (secondary N) is 2. The molecule has 1 saturated carbocycles. The van der Waals surface area contributed by atoms with Gasteiger partial charge >= 0.3 is 0 Å². The molecule has 32 heavy (non-hydrogen) atoms. The van der Waals surface area contributed by atoms with E-state index in [1.54, 1.807) is 24.3 Å². The van der Waals surface area contributed by atoms with Crippen molar-refractivity contribution in [1.82, 2.24) is 10.3 Å². The lowest BCUT2D eigenvalue weighted by atomic mass is 10.1. The Kier molecular flexibility index (Phi) is 7.17. The number of para-hydroxylation sites is 1. The molecule has 0 unspecified atom stereocenters. The van der Waals surface area contributed by atoms with Gasteiger partial charge in [-0.25, -0.2) is 4.98 Å². The molecule has 7 heteroatoms. The van der Waals surface area contributed by atoms with Gasteiger partial charge in [0.15, 0.2) is 0 Å². The van der Waals surface area contributed by atoms with Gasteiger partial charge in [0.05, 0.1) is 12.1 Å². The number of benzene rings is 2.